The Morgan fingerprint density at radius 3 is 2.15 bits per heavy atom. The van der Waals surface area contributed by atoms with Gasteiger partial charge in [-0.2, -0.15) is 4.31 Å². The Kier molecular flexibility index (Phi) is 5.23. The molecule has 0 aromatic heterocycles. The van der Waals surface area contributed by atoms with Crippen molar-refractivity contribution in [3.05, 3.63) is 29.8 Å². The Labute approximate surface area is 116 Å². The van der Waals surface area contributed by atoms with Gasteiger partial charge in [-0.15, -0.1) is 0 Å². The predicted molar refractivity (Wildman–Crippen MR) is 69.9 cm³/mol. The number of aliphatic carboxylic acids is 2. The van der Waals surface area contributed by atoms with E-state index in [2.05, 4.69) is 0 Å². The van der Waals surface area contributed by atoms with Crippen LogP contribution in [0.15, 0.2) is 29.2 Å². The van der Waals surface area contributed by atoms with Crippen molar-refractivity contribution in [1.82, 2.24) is 4.31 Å². The molecule has 2 N–H and O–H groups in total. The SMILES string of the molecule is CCc1cccc(S(=O)(=O)N(CC(=O)O)CC(=O)O)c1. The summed E-state index contributed by atoms with van der Waals surface area (Å²) >= 11 is 0. The van der Waals surface area contributed by atoms with Crippen molar-refractivity contribution in [2.45, 2.75) is 18.2 Å². The molecule has 0 spiro atoms. The number of benzene rings is 1. The normalized spacial score (nSPS) is 11.5. The zero-order valence-corrected chi connectivity index (χ0v) is 11.6. The zero-order valence-electron chi connectivity index (χ0n) is 10.8. The van der Waals surface area contributed by atoms with Crippen molar-refractivity contribution in [3.63, 3.8) is 0 Å². The maximum Gasteiger partial charge on any atom is 0.318 e. The van der Waals surface area contributed by atoms with Gasteiger partial charge in [0.1, 0.15) is 13.1 Å². The molecule has 110 valence electrons. The molecule has 0 radical (unpaired) electrons. The summed E-state index contributed by atoms with van der Waals surface area (Å²) in [5.41, 5.74) is 0.761. The van der Waals surface area contributed by atoms with Crippen LogP contribution in [0.3, 0.4) is 0 Å². The molecular formula is C12H15NO6S. The van der Waals surface area contributed by atoms with E-state index in [1.54, 1.807) is 6.07 Å². The number of carboxylic acid groups (broad SMARTS) is 2. The summed E-state index contributed by atoms with van der Waals surface area (Å²) in [5, 5.41) is 17.4. The van der Waals surface area contributed by atoms with Crippen LogP contribution in [-0.2, 0) is 26.0 Å². The molecule has 0 aliphatic heterocycles. The number of nitrogens with zero attached hydrogens (tertiary/aromatic N) is 1. The second-order valence-electron chi connectivity index (χ2n) is 4.06. The standard InChI is InChI=1S/C12H15NO6S/c1-2-9-4-3-5-10(6-9)20(18,19)13(7-11(14)15)8-12(16)17/h3-6H,2,7-8H2,1H3,(H,14,15)(H,16,17). The Bertz CT molecular complexity index is 594. The van der Waals surface area contributed by atoms with Crippen LogP contribution in [0.4, 0.5) is 0 Å². The van der Waals surface area contributed by atoms with Crippen molar-refractivity contribution in [2.75, 3.05) is 13.1 Å². The first-order valence-electron chi connectivity index (χ1n) is 5.80. The van der Waals surface area contributed by atoms with Gasteiger partial charge >= 0.3 is 11.9 Å². The van der Waals surface area contributed by atoms with Gasteiger partial charge in [-0.3, -0.25) is 9.59 Å². The lowest BCUT2D eigenvalue weighted by Gasteiger charge is -2.18. The van der Waals surface area contributed by atoms with Gasteiger partial charge in [0.25, 0.3) is 0 Å². The molecule has 1 rings (SSSR count). The van der Waals surface area contributed by atoms with Gasteiger partial charge in [-0.05, 0) is 24.1 Å². The first-order chi connectivity index (χ1) is 9.27. The van der Waals surface area contributed by atoms with Crippen molar-refractivity contribution in [3.8, 4) is 0 Å². The van der Waals surface area contributed by atoms with Crippen molar-refractivity contribution in [1.29, 1.82) is 0 Å². The Balaban J connectivity index is 3.20. The van der Waals surface area contributed by atoms with Crippen LogP contribution in [0.5, 0.6) is 0 Å². The average molecular weight is 301 g/mol. The number of hydrogen-bond donors (Lipinski definition) is 2. The molecular weight excluding hydrogens is 286 g/mol. The Morgan fingerprint density at radius 1 is 1.15 bits per heavy atom. The highest BCUT2D eigenvalue weighted by molar-refractivity contribution is 7.89. The van der Waals surface area contributed by atoms with Gasteiger partial charge in [-0.1, -0.05) is 19.1 Å². The molecule has 0 saturated heterocycles. The molecule has 0 amide bonds. The fourth-order valence-corrected chi connectivity index (χ4v) is 3.01. The Morgan fingerprint density at radius 2 is 1.70 bits per heavy atom. The smallest absolute Gasteiger partial charge is 0.318 e. The van der Waals surface area contributed by atoms with Crippen LogP contribution in [0.2, 0.25) is 0 Å². The molecule has 0 fully saturated rings. The summed E-state index contributed by atoms with van der Waals surface area (Å²) in [7, 11) is -4.15. The third-order valence-electron chi connectivity index (χ3n) is 2.57. The molecule has 0 unspecified atom stereocenters. The molecule has 0 bridgehead atoms. The molecule has 0 aliphatic rings. The van der Waals surface area contributed by atoms with E-state index in [4.69, 9.17) is 10.2 Å². The fourth-order valence-electron chi connectivity index (χ4n) is 1.60. The summed E-state index contributed by atoms with van der Waals surface area (Å²) in [6.07, 6.45) is 0.612. The van der Waals surface area contributed by atoms with Gasteiger partial charge in [-0.25, -0.2) is 8.42 Å². The number of carboxylic acids is 2. The maximum atomic E-state index is 12.3. The molecule has 1 aromatic rings. The van der Waals surface area contributed by atoms with Crippen LogP contribution in [0.25, 0.3) is 0 Å². The summed E-state index contributed by atoms with van der Waals surface area (Å²) in [6.45, 7) is 0.0496. The number of sulfonamides is 1. The van der Waals surface area contributed by atoms with Gasteiger partial charge in [0.05, 0.1) is 4.90 Å². The number of aryl methyl sites for hydroxylation is 1. The molecule has 0 saturated carbocycles. The molecule has 0 heterocycles. The second-order valence-corrected chi connectivity index (χ2v) is 6.00. The molecule has 0 aliphatic carbocycles. The third-order valence-corrected chi connectivity index (χ3v) is 4.36. The monoisotopic (exact) mass is 301 g/mol. The highest BCUT2D eigenvalue weighted by Crippen LogP contribution is 2.17. The lowest BCUT2D eigenvalue weighted by atomic mass is 10.2. The third kappa shape index (κ3) is 4.04. The molecule has 0 atom stereocenters. The van der Waals surface area contributed by atoms with Gasteiger partial charge < -0.3 is 10.2 Å². The van der Waals surface area contributed by atoms with Crippen LogP contribution < -0.4 is 0 Å². The van der Waals surface area contributed by atoms with Crippen molar-refractivity contribution < 1.29 is 28.2 Å². The van der Waals surface area contributed by atoms with Crippen LogP contribution >= 0.6 is 0 Å². The number of hydrogen-bond acceptors (Lipinski definition) is 4. The van der Waals surface area contributed by atoms with E-state index in [0.717, 1.165) is 5.56 Å². The van der Waals surface area contributed by atoms with Gasteiger partial charge in [0, 0.05) is 0 Å². The van der Waals surface area contributed by atoms with Gasteiger partial charge in [0.15, 0.2) is 0 Å². The van der Waals surface area contributed by atoms with E-state index in [-0.39, 0.29) is 4.90 Å². The summed E-state index contributed by atoms with van der Waals surface area (Å²) in [6, 6.07) is 5.99. The Hall–Kier alpha value is -1.93. The molecule has 8 heteroatoms. The van der Waals surface area contributed by atoms with Crippen molar-refractivity contribution >= 4 is 22.0 Å². The quantitative estimate of drug-likeness (QED) is 0.754. The largest absolute Gasteiger partial charge is 0.480 e. The van der Waals surface area contributed by atoms with Crippen molar-refractivity contribution in [2.24, 2.45) is 0 Å². The van der Waals surface area contributed by atoms with Gasteiger partial charge in [0.2, 0.25) is 10.0 Å². The van der Waals surface area contributed by atoms with E-state index < -0.39 is 35.1 Å². The number of rotatable bonds is 7. The zero-order chi connectivity index (χ0) is 15.3. The topological polar surface area (TPSA) is 112 Å². The van der Waals surface area contributed by atoms with Crippen LogP contribution in [0, 0.1) is 0 Å². The highest BCUT2D eigenvalue weighted by Gasteiger charge is 2.28. The summed E-state index contributed by atoms with van der Waals surface area (Å²) in [4.78, 5) is 21.3. The minimum Gasteiger partial charge on any atom is -0.480 e. The van der Waals surface area contributed by atoms with E-state index in [9.17, 15) is 18.0 Å². The van der Waals surface area contributed by atoms with Crippen LogP contribution in [-0.4, -0.2) is 48.0 Å². The van der Waals surface area contributed by atoms with E-state index in [0.29, 0.717) is 10.7 Å². The molecule has 7 nitrogen and oxygen atoms in total. The number of carbonyl (C=O) groups is 2. The van der Waals surface area contributed by atoms with Crippen LogP contribution in [0.1, 0.15) is 12.5 Å². The lowest BCUT2D eigenvalue weighted by Crippen LogP contribution is -2.39. The lowest BCUT2D eigenvalue weighted by molar-refractivity contribution is -0.139. The average Bonchev–Trinajstić information content (AvgIpc) is 2.37. The second kappa shape index (κ2) is 6.49. The minimum absolute atomic E-state index is 0.112. The highest BCUT2D eigenvalue weighted by atomic mass is 32.2. The minimum atomic E-state index is -4.15. The van der Waals surface area contributed by atoms with E-state index >= 15 is 0 Å². The van der Waals surface area contributed by atoms with E-state index in [1.807, 2.05) is 6.92 Å². The summed E-state index contributed by atoms with van der Waals surface area (Å²) < 4.78 is 25.0. The summed E-state index contributed by atoms with van der Waals surface area (Å²) in [5.74, 6) is -2.83. The van der Waals surface area contributed by atoms with E-state index in [1.165, 1.54) is 18.2 Å². The first-order valence-corrected chi connectivity index (χ1v) is 7.24. The maximum absolute atomic E-state index is 12.3. The molecule has 20 heavy (non-hydrogen) atoms. The molecule has 1 aromatic carbocycles. The first kappa shape index (κ1) is 16.1. The fraction of sp³-hybridized carbons (Fsp3) is 0.333. The predicted octanol–water partition coefficient (Wildman–Crippen LogP) is 0.409.